The number of hydrogen-bond acceptors (Lipinski definition) is 3. The lowest BCUT2D eigenvalue weighted by atomic mass is 10.2. The second-order valence-corrected chi connectivity index (χ2v) is 10.1. The van der Waals surface area contributed by atoms with Crippen molar-refractivity contribution in [3.05, 3.63) is 0 Å². The van der Waals surface area contributed by atoms with Crippen LogP contribution in [0.15, 0.2) is 0 Å². The van der Waals surface area contributed by atoms with Crippen LogP contribution in [0.1, 0.15) is 20.8 Å². The molecular formula is C10H19NO2Si. The molecule has 0 bridgehead atoms. The first-order valence-electron chi connectivity index (χ1n) is 4.97. The number of ether oxygens (including phenoxy) is 1. The Morgan fingerprint density at radius 1 is 1.43 bits per heavy atom. The summed E-state index contributed by atoms with van der Waals surface area (Å²) in [4.78, 5) is 0. The van der Waals surface area contributed by atoms with E-state index in [9.17, 15) is 0 Å². The third-order valence-electron chi connectivity index (χ3n) is 3.12. The van der Waals surface area contributed by atoms with E-state index in [1.807, 2.05) is 0 Å². The van der Waals surface area contributed by atoms with E-state index in [0.717, 1.165) is 0 Å². The van der Waals surface area contributed by atoms with E-state index in [2.05, 4.69) is 39.9 Å². The summed E-state index contributed by atoms with van der Waals surface area (Å²) in [7, 11) is -1.66. The highest BCUT2D eigenvalue weighted by molar-refractivity contribution is 6.74. The van der Waals surface area contributed by atoms with E-state index < -0.39 is 8.32 Å². The lowest BCUT2D eigenvalue weighted by molar-refractivity contribution is 0.242. The third kappa shape index (κ3) is 2.56. The molecule has 0 aromatic carbocycles. The van der Waals surface area contributed by atoms with Crippen LogP contribution in [0.5, 0.6) is 0 Å². The molecule has 4 heteroatoms. The van der Waals surface area contributed by atoms with Crippen LogP contribution in [-0.2, 0) is 9.16 Å². The van der Waals surface area contributed by atoms with Crippen LogP contribution in [0.25, 0.3) is 0 Å². The predicted octanol–water partition coefficient (Wildman–Crippen LogP) is 2.30. The molecule has 0 saturated carbocycles. The predicted molar refractivity (Wildman–Crippen MR) is 57.4 cm³/mol. The first-order chi connectivity index (χ1) is 6.28. The molecule has 2 atom stereocenters. The smallest absolute Gasteiger partial charge is 0.192 e. The van der Waals surface area contributed by atoms with Crippen LogP contribution < -0.4 is 0 Å². The van der Waals surface area contributed by atoms with Crippen LogP contribution in [-0.4, -0.2) is 27.1 Å². The summed E-state index contributed by atoms with van der Waals surface area (Å²) in [6.07, 6.45) is -0.200. The fourth-order valence-electron chi connectivity index (χ4n) is 0.890. The van der Waals surface area contributed by atoms with Crippen LogP contribution in [0.2, 0.25) is 18.1 Å². The minimum atomic E-state index is -1.66. The van der Waals surface area contributed by atoms with Crippen molar-refractivity contribution in [3.8, 4) is 6.07 Å². The summed E-state index contributed by atoms with van der Waals surface area (Å²) in [6, 6.07) is 2.08. The first kappa shape index (κ1) is 11.7. The van der Waals surface area contributed by atoms with E-state index >= 15 is 0 Å². The van der Waals surface area contributed by atoms with Gasteiger partial charge in [-0.25, -0.2) is 0 Å². The highest BCUT2D eigenvalue weighted by Crippen LogP contribution is 2.37. The van der Waals surface area contributed by atoms with E-state index in [4.69, 9.17) is 14.4 Å². The van der Waals surface area contributed by atoms with Gasteiger partial charge < -0.3 is 9.16 Å². The van der Waals surface area contributed by atoms with Gasteiger partial charge in [0.2, 0.25) is 0 Å². The van der Waals surface area contributed by atoms with Crippen molar-refractivity contribution in [1.82, 2.24) is 0 Å². The van der Waals surface area contributed by atoms with Crippen molar-refractivity contribution >= 4 is 8.32 Å². The first-order valence-corrected chi connectivity index (χ1v) is 7.88. The molecule has 1 fully saturated rings. The number of nitrogens with zero attached hydrogens (tertiary/aromatic N) is 1. The number of epoxide rings is 1. The molecule has 80 valence electrons. The lowest BCUT2D eigenvalue weighted by Crippen LogP contribution is -2.41. The van der Waals surface area contributed by atoms with Crippen molar-refractivity contribution in [2.24, 2.45) is 0 Å². The van der Waals surface area contributed by atoms with Gasteiger partial charge in [-0.3, -0.25) is 0 Å². The molecule has 0 spiro atoms. The van der Waals surface area contributed by atoms with Gasteiger partial charge in [0, 0.05) is 0 Å². The van der Waals surface area contributed by atoms with Crippen LogP contribution in [0, 0.1) is 11.3 Å². The minimum Gasteiger partial charge on any atom is -0.414 e. The van der Waals surface area contributed by atoms with Gasteiger partial charge in [0.05, 0.1) is 12.7 Å². The standard InChI is InChI=1S/C10H19NO2Si/c1-10(2,3)14(4,5)12-7-9-8(6-11)13-9/h8-9H,7H2,1-5H3/t8-,9-/m0/s1. The highest BCUT2D eigenvalue weighted by Gasteiger charge is 2.43. The quantitative estimate of drug-likeness (QED) is 0.534. The fourth-order valence-corrected chi connectivity index (χ4v) is 1.90. The largest absolute Gasteiger partial charge is 0.414 e. The van der Waals surface area contributed by atoms with Gasteiger partial charge in [-0.15, -0.1) is 0 Å². The zero-order valence-corrected chi connectivity index (χ0v) is 10.6. The molecule has 1 aliphatic rings. The Morgan fingerprint density at radius 2 is 2.00 bits per heavy atom. The molecule has 1 heterocycles. The Bertz CT molecular complexity index is 252. The van der Waals surface area contributed by atoms with Crippen LogP contribution in [0.4, 0.5) is 0 Å². The van der Waals surface area contributed by atoms with Gasteiger partial charge in [-0.1, -0.05) is 20.8 Å². The summed E-state index contributed by atoms with van der Waals surface area (Å²) in [5.74, 6) is 0. The molecule has 0 aromatic heterocycles. The Hall–Kier alpha value is -0.373. The van der Waals surface area contributed by atoms with Crippen molar-refractivity contribution in [2.75, 3.05) is 6.61 Å². The Kier molecular flexibility index (Phi) is 3.05. The van der Waals surface area contributed by atoms with Gasteiger partial charge in [0.15, 0.2) is 14.4 Å². The fraction of sp³-hybridized carbons (Fsp3) is 0.900. The molecule has 0 aliphatic carbocycles. The van der Waals surface area contributed by atoms with Crippen LogP contribution >= 0.6 is 0 Å². The molecule has 1 aliphatic heterocycles. The minimum absolute atomic E-state index is 0.0223. The highest BCUT2D eigenvalue weighted by atomic mass is 28.4. The number of nitriles is 1. The van der Waals surface area contributed by atoms with Crippen molar-refractivity contribution < 1.29 is 9.16 Å². The Labute approximate surface area is 87.1 Å². The topological polar surface area (TPSA) is 45.5 Å². The number of rotatable bonds is 3. The summed E-state index contributed by atoms with van der Waals surface area (Å²) >= 11 is 0. The molecule has 1 saturated heterocycles. The summed E-state index contributed by atoms with van der Waals surface area (Å²) in [5.41, 5.74) is 0. The summed E-state index contributed by atoms with van der Waals surface area (Å²) in [5, 5.41) is 8.77. The monoisotopic (exact) mass is 213 g/mol. The summed E-state index contributed by atoms with van der Waals surface area (Å²) in [6.45, 7) is 11.6. The second-order valence-electron chi connectivity index (χ2n) is 5.30. The van der Waals surface area contributed by atoms with E-state index in [1.165, 1.54) is 0 Å². The van der Waals surface area contributed by atoms with Gasteiger partial charge in [-0.2, -0.15) is 5.26 Å². The Balaban J connectivity index is 2.35. The zero-order chi connectivity index (χ0) is 11.0. The van der Waals surface area contributed by atoms with Gasteiger partial charge >= 0.3 is 0 Å². The molecule has 3 nitrogen and oxygen atoms in total. The second kappa shape index (κ2) is 3.65. The van der Waals surface area contributed by atoms with Crippen molar-refractivity contribution in [2.45, 2.75) is 51.1 Å². The maximum absolute atomic E-state index is 8.55. The van der Waals surface area contributed by atoms with Crippen LogP contribution in [0.3, 0.4) is 0 Å². The lowest BCUT2D eigenvalue weighted by Gasteiger charge is -2.35. The Morgan fingerprint density at radius 3 is 2.36 bits per heavy atom. The van der Waals surface area contributed by atoms with Crippen molar-refractivity contribution in [1.29, 1.82) is 5.26 Å². The third-order valence-corrected chi connectivity index (χ3v) is 7.63. The molecule has 0 N–H and O–H groups in total. The van der Waals surface area contributed by atoms with E-state index in [-0.39, 0.29) is 17.2 Å². The normalized spacial score (nSPS) is 27.1. The average molecular weight is 213 g/mol. The molecule has 14 heavy (non-hydrogen) atoms. The molecule has 0 unspecified atom stereocenters. The van der Waals surface area contributed by atoms with Crippen molar-refractivity contribution in [3.63, 3.8) is 0 Å². The van der Waals surface area contributed by atoms with E-state index in [0.29, 0.717) is 6.61 Å². The average Bonchev–Trinajstić information content (AvgIpc) is 2.77. The SMILES string of the molecule is CC(C)(C)[Si](C)(C)OC[C@@H]1O[C@H]1C#N. The van der Waals surface area contributed by atoms with Gasteiger partial charge in [0.25, 0.3) is 0 Å². The van der Waals surface area contributed by atoms with Gasteiger partial charge in [0.1, 0.15) is 6.10 Å². The van der Waals surface area contributed by atoms with E-state index in [1.54, 1.807) is 0 Å². The maximum atomic E-state index is 8.55. The van der Waals surface area contributed by atoms with Gasteiger partial charge in [-0.05, 0) is 18.1 Å². The molecule has 0 aromatic rings. The number of hydrogen-bond donors (Lipinski definition) is 0. The maximum Gasteiger partial charge on any atom is 0.192 e. The zero-order valence-electron chi connectivity index (χ0n) is 9.63. The summed E-state index contributed by atoms with van der Waals surface area (Å²) < 4.78 is 11.0. The molecule has 0 amide bonds. The molecule has 1 rings (SSSR count). The molecule has 0 radical (unpaired) electrons. The molecular weight excluding hydrogens is 194 g/mol.